The molecule has 17 heavy (non-hydrogen) atoms. The lowest BCUT2D eigenvalue weighted by Crippen LogP contribution is -2.38. The quantitative estimate of drug-likeness (QED) is 0.562. The molecule has 92 valence electrons. The van der Waals surface area contributed by atoms with Gasteiger partial charge in [-0.25, -0.2) is 9.97 Å². The predicted octanol–water partition coefficient (Wildman–Crippen LogP) is -0.464. The fourth-order valence-electron chi connectivity index (χ4n) is 1.64. The topological polar surface area (TPSA) is 115 Å². The largest absolute Gasteiger partial charge is 0.378 e. The van der Waals surface area contributed by atoms with E-state index in [1.807, 2.05) is 0 Å². The second-order valence-electron chi connectivity index (χ2n) is 3.52. The molecule has 9 heteroatoms. The van der Waals surface area contributed by atoms with Crippen molar-refractivity contribution in [1.82, 2.24) is 9.97 Å². The van der Waals surface area contributed by atoms with Gasteiger partial charge in [0.15, 0.2) is 0 Å². The van der Waals surface area contributed by atoms with Gasteiger partial charge in [-0.3, -0.25) is 14.3 Å². The lowest BCUT2D eigenvalue weighted by atomic mass is 10.4. The normalized spacial score (nSPS) is 17.1. The average Bonchev–Trinajstić information content (AvgIpc) is 2.29. The van der Waals surface area contributed by atoms with Crippen LogP contribution in [0.3, 0.4) is 0 Å². The Labute approximate surface area is 99.5 Å². The minimum Gasteiger partial charge on any atom is -0.378 e. The van der Waals surface area contributed by atoms with Crippen LogP contribution in [0, 0.1) is 10.1 Å². The molecular weight excluding hydrogens is 246 g/mol. The highest BCUT2D eigenvalue weighted by Gasteiger charge is 2.27. The Morgan fingerprint density at radius 2 is 2.06 bits per heavy atom. The highest BCUT2D eigenvalue weighted by molar-refractivity contribution is 7.85. The fourth-order valence-corrected chi connectivity index (χ4v) is 2.69. The molecule has 1 aliphatic rings. The number of nitrogens with two attached hydrogens (primary N) is 1. The van der Waals surface area contributed by atoms with Crippen LogP contribution in [0.1, 0.15) is 0 Å². The van der Waals surface area contributed by atoms with Crippen molar-refractivity contribution in [2.75, 3.05) is 35.2 Å². The Hall–Kier alpha value is -1.77. The number of nitro groups is 1. The summed E-state index contributed by atoms with van der Waals surface area (Å²) in [6.07, 6.45) is 1.20. The molecule has 1 aromatic rings. The molecule has 1 aliphatic heterocycles. The van der Waals surface area contributed by atoms with Crippen molar-refractivity contribution in [1.29, 1.82) is 0 Å². The highest BCUT2D eigenvalue weighted by Crippen LogP contribution is 2.30. The Kier molecular flexibility index (Phi) is 3.18. The summed E-state index contributed by atoms with van der Waals surface area (Å²) in [5.74, 6) is 1.04. The van der Waals surface area contributed by atoms with Crippen molar-refractivity contribution in [3.63, 3.8) is 0 Å². The molecule has 0 radical (unpaired) electrons. The predicted molar refractivity (Wildman–Crippen MR) is 63.2 cm³/mol. The monoisotopic (exact) mass is 257 g/mol. The zero-order valence-corrected chi connectivity index (χ0v) is 9.72. The summed E-state index contributed by atoms with van der Waals surface area (Å²) in [7, 11) is -0.844. The summed E-state index contributed by atoms with van der Waals surface area (Å²) in [5, 5.41) is 10.9. The lowest BCUT2D eigenvalue weighted by molar-refractivity contribution is -0.383. The molecule has 1 saturated heterocycles. The first-order valence-electron chi connectivity index (χ1n) is 4.94. The molecule has 0 unspecified atom stereocenters. The third-order valence-corrected chi connectivity index (χ3v) is 3.77. The SMILES string of the molecule is Nc1ncnc(N2CCS(=O)CC2)c1[N+](=O)[O-]. The van der Waals surface area contributed by atoms with E-state index in [9.17, 15) is 14.3 Å². The number of hydrogen-bond donors (Lipinski definition) is 1. The van der Waals surface area contributed by atoms with E-state index in [1.165, 1.54) is 6.33 Å². The zero-order chi connectivity index (χ0) is 12.4. The Balaban J connectivity index is 2.35. The van der Waals surface area contributed by atoms with E-state index < -0.39 is 15.7 Å². The van der Waals surface area contributed by atoms with Crippen molar-refractivity contribution in [3.8, 4) is 0 Å². The van der Waals surface area contributed by atoms with Crippen LogP contribution in [-0.4, -0.2) is 43.7 Å². The van der Waals surface area contributed by atoms with E-state index in [0.717, 1.165) is 0 Å². The molecular formula is C8H11N5O3S. The van der Waals surface area contributed by atoms with Crippen LogP contribution in [0.15, 0.2) is 6.33 Å². The van der Waals surface area contributed by atoms with E-state index in [4.69, 9.17) is 5.73 Å². The minimum atomic E-state index is -0.844. The maximum atomic E-state index is 11.2. The van der Waals surface area contributed by atoms with E-state index >= 15 is 0 Å². The summed E-state index contributed by atoms with van der Waals surface area (Å²) < 4.78 is 11.2. The van der Waals surface area contributed by atoms with Gasteiger partial charge in [0.1, 0.15) is 6.33 Å². The molecule has 0 atom stereocenters. The number of aromatic nitrogens is 2. The number of anilines is 2. The summed E-state index contributed by atoms with van der Waals surface area (Å²) in [5.41, 5.74) is 5.20. The number of hydrogen-bond acceptors (Lipinski definition) is 7. The fraction of sp³-hybridized carbons (Fsp3) is 0.500. The smallest absolute Gasteiger partial charge is 0.353 e. The Morgan fingerprint density at radius 3 is 2.65 bits per heavy atom. The van der Waals surface area contributed by atoms with Gasteiger partial charge in [-0.2, -0.15) is 0 Å². The summed E-state index contributed by atoms with van der Waals surface area (Å²) >= 11 is 0. The molecule has 0 amide bonds. The highest BCUT2D eigenvalue weighted by atomic mass is 32.2. The van der Waals surface area contributed by atoms with Crippen molar-refractivity contribution in [2.45, 2.75) is 0 Å². The molecule has 1 fully saturated rings. The molecule has 1 aromatic heterocycles. The molecule has 0 aromatic carbocycles. The number of nitrogen functional groups attached to an aromatic ring is 1. The van der Waals surface area contributed by atoms with Crippen molar-refractivity contribution >= 4 is 28.1 Å². The van der Waals surface area contributed by atoms with Crippen LogP contribution in [0.5, 0.6) is 0 Å². The van der Waals surface area contributed by atoms with Gasteiger partial charge in [0.25, 0.3) is 0 Å². The maximum Gasteiger partial charge on any atom is 0.353 e. The van der Waals surface area contributed by atoms with E-state index in [0.29, 0.717) is 24.6 Å². The molecule has 8 nitrogen and oxygen atoms in total. The van der Waals surface area contributed by atoms with Gasteiger partial charge in [-0.15, -0.1) is 0 Å². The van der Waals surface area contributed by atoms with Crippen molar-refractivity contribution in [2.24, 2.45) is 0 Å². The number of rotatable bonds is 2. The second kappa shape index (κ2) is 4.62. The molecule has 0 aliphatic carbocycles. The van der Waals surface area contributed by atoms with Gasteiger partial charge >= 0.3 is 5.69 Å². The molecule has 2 rings (SSSR count). The van der Waals surface area contributed by atoms with Gasteiger partial charge in [-0.05, 0) is 0 Å². The Morgan fingerprint density at radius 1 is 1.41 bits per heavy atom. The van der Waals surface area contributed by atoms with Crippen LogP contribution in [-0.2, 0) is 10.8 Å². The maximum absolute atomic E-state index is 11.2. The lowest BCUT2D eigenvalue weighted by Gasteiger charge is -2.26. The third kappa shape index (κ3) is 2.33. The van der Waals surface area contributed by atoms with E-state index in [-0.39, 0.29) is 17.3 Å². The van der Waals surface area contributed by atoms with Gasteiger partial charge in [0.05, 0.1) is 4.92 Å². The van der Waals surface area contributed by atoms with Crippen LogP contribution in [0.4, 0.5) is 17.3 Å². The van der Waals surface area contributed by atoms with E-state index in [2.05, 4.69) is 9.97 Å². The molecule has 2 N–H and O–H groups in total. The van der Waals surface area contributed by atoms with Gasteiger partial charge in [0, 0.05) is 35.4 Å². The first-order valence-corrected chi connectivity index (χ1v) is 6.43. The molecule has 0 saturated carbocycles. The summed E-state index contributed by atoms with van der Waals surface area (Å²) in [6, 6.07) is 0. The van der Waals surface area contributed by atoms with Crippen molar-refractivity contribution < 1.29 is 9.13 Å². The molecule has 2 heterocycles. The molecule has 0 spiro atoms. The molecule has 0 bridgehead atoms. The Bertz CT molecular complexity index is 470. The van der Waals surface area contributed by atoms with Gasteiger partial charge < -0.3 is 10.6 Å². The van der Waals surface area contributed by atoms with Crippen LogP contribution >= 0.6 is 0 Å². The minimum absolute atomic E-state index is 0.147. The first kappa shape index (κ1) is 11.7. The van der Waals surface area contributed by atoms with Crippen molar-refractivity contribution in [3.05, 3.63) is 16.4 Å². The van der Waals surface area contributed by atoms with Crippen LogP contribution in [0.25, 0.3) is 0 Å². The number of nitrogens with zero attached hydrogens (tertiary/aromatic N) is 4. The summed E-state index contributed by atoms with van der Waals surface area (Å²) in [6.45, 7) is 0.952. The third-order valence-electron chi connectivity index (χ3n) is 2.49. The average molecular weight is 257 g/mol. The van der Waals surface area contributed by atoms with Gasteiger partial charge in [0.2, 0.25) is 11.6 Å². The summed E-state index contributed by atoms with van der Waals surface area (Å²) in [4.78, 5) is 19.6. The second-order valence-corrected chi connectivity index (χ2v) is 5.22. The van der Waals surface area contributed by atoms with E-state index in [1.54, 1.807) is 4.90 Å². The first-order chi connectivity index (χ1) is 8.09. The standard InChI is InChI=1S/C8H11N5O3S/c9-7-6(13(14)15)8(11-5-10-7)12-1-3-17(16)4-2-12/h5H,1-4H2,(H2,9,10,11). The van der Waals surface area contributed by atoms with Crippen LogP contribution < -0.4 is 10.6 Å². The van der Waals surface area contributed by atoms with Crippen LogP contribution in [0.2, 0.25) is 0 Å². The zero-order valence-electron chi connectivity index (χ0n) is 8.90. The van der Waals surface area contributed by atoms with Gasteiger partial charge in [-0.1, -0.05) is 0 Å².